The Morgan fingerprint density at radius 3 is 2.62 bits per heavy atom. The Kier molecular flexibility index (Phi) is 7.43. The Morgan fingerprint density at radius 1 is 1.14 bits per heavy atom. The molecule has 3 rings (SSSR count). The third-order valence-corrected chi connectivity index (χ3v) is 6.15. The van der Waals surface area contributed by atoms with Crippen molar-refractivity contribution in [2.45, 2.75) is 31.1 Å². The van der Waals surface area contributed by atoms with E-state index >= 15 is 0 Å². The molecule has 0 radical (unpaired) electrons. The van der Waals surface area contributed by atoms with Gasteiger partial charge in [0.25, 0.3) is 5.91 Å². The highest BCUT2D eigenvalue weighted by atomic mass is 32.2. The SMILES string of the molecule is CCCCc1ccc(-c2csc(NC(=O)c3ccccc3SCC(N)=O)n2)cc1. The Hall–Kier alpha value is -2.64. The summed E-state index contributed by atoms with van der Waals surface area (Å²) in [6.45, 7) is 2.19. The van der Waals surface area contributed by atoms with Gasteiger partial charge in [0.2, 0.25) is 5.91 Å². The van der Waals surface area contributed by atoms with Gasteiger partial charge in [-0.1, -0.05) is 49.7 Å². The summed E-state index contributed by atoms with van der Waals surface area (Å²) in [5.74, 6) is -0.552. The van der Waals surface area contributed by atoms with Crippen molar-refractivity contribution < 1.29 is 9.59 Å². The van der Waals surface area contributed by atoms with E-state index < -0.39 is 5.91 Å². The van der Waals surface area contributed by atoms with Crippen LogP contribution in [0.3, 0.4) is 0 Å². The lowest BCUT2D eigenvalue weighted by molar-refractivity contribution is -0.115. The molecule has 1 heterocycles. The lowest BCUT2D eigenvalue weighted by Crippen LogP contribution is -2.15. The maximum Gasteiger partial charge on any atom is 0.258 e. The molecule has 0 aliphatic carbocycles. The van der Waals surface area contributed by atoms with E-state index in [9.17, 15) is 9.59 Å². The number of hydrogen-bond donors (Lipinski definition) is 2. The van der Waals surface area contributed by atoms with Crippen LogP contribution in [0.1, 0.15) is 35.7 Å². The fourth-order valence-electron chi connectivity index (χ4n) is 2.78. The van der Waals surface area contributed by atoms with Crippen molar-refractivity contribution in [2.75, 3.05) is 11.1 Å². The number of carbonyl (C=O) groups is 2. The number of nitrogens with one attached hydrogen (secondary N) is 1. The first-order chi connectivity index (χ1) is 14.1. The first-order valence-corrected chi connectivity index (χ1v) is 11.3. The van der Waals surface area contributed by atoms with Crippen LogP contribution in [-0.2, 0) is 11.2 Å². The molecule has 2 amide bonds. The molecule has 0 spiro atoms. The number of anilines is 1. The zero-order valence-corrected chi connectivity index (χ0v) is 17.8. The Labute approximate surface area is 178 Å². The van der Waals surface area contributed by atoms with Gasteiger partial charge in [-0.25, -0.2) is 4.98 Å². The average molecular weight is 426 g/mol. The van der Waals surface area contributed by atoms with Crippen molar-refractivity contribution in [3.05, 3.63) is 65.0 Å². The van der Waals surface area contributed by atoms with Gasteiger partial charge in [0.15, 0.2) is 5.13 Å². The summed E-state index contributed by atoms with van der Waals surface area (Å²) in [5, 5.41) is 5.33. The molecule has 1 aromatic heterocycles. The van der Waals surface area contributed by atoms with Crippen LogP contribution in [0.2, 0.25) is 0 Å². The first kappa shape index (κ1) is 21.1. The molecule has 0 saturated carbocycles. The van der Waals surface area contributed by atoms with E-state index in [4.69, 9.17) is 5.73 Å². The second-order valence-corrected chi connectivity index (χ2v) is 8.42. The molecule has 5 nitrogen and oxygen atoms in total. The van der Waals surface area contributed by atoms with Gasteiger partial charge in [0, 0.05) is 15.8 Å². The van der Waals surface area contributed by atoms with Crippen molar-refractivity contribution in [2.24, 2.45) is 5.73 Å². The van der Waals surface area contributed by atoms with Crippen LogP contribution in [0, 0.1) is 0 Å². The minimum atomic E-state index is -0.421. The second-order valence-electron chi connectivity index (χ2n) is 6.54. The summed E-state index contributed by atoms with van der Waals surface area (Å²) < 4.78 is 0. The summed E-state index contributed by atoms with van der Waals surface area (Å²) in [6, 6.07) is 15.5. The van der Waals surface area contributed by atoms with Crippen molar-refractivity contribution in [3.63, 3.8) is 0 Å². The molecule has 150 valence electrons. The molecular formula is C22H23N3O2S2. The topological polar surface area (TPSA) is 85.1 Å². The Morgan fingerprint density at radius 2 is 1.90 bits per heavy atom. The Balaban J connectivity index is 1.69. The molecule has 29 heavy (non-hydrogen) atoms. The second kappa shape index (κ2) is 10.2. The molecule has 0 aliphatic heterocycles. The van der Waals surface area contributed by atoms with E-state index in [0.29, 0.717) is 15.6 Å². The zero-order valence-electron chi connectivity index (χ0n) is 16.2. The predicted octanol–water partition coefficient (Wildman–Crippen LogP) is 4.98. The number of hydrogen-bond acceptors (Lipinski definition) is 5. The molecule has 7 heteroatoms. The zero-order chi connectivity index (χ0) is 20.6. The summed E-state index contributed by atoms with van der Waals surface area (Å²) in [6.07, 6.45) is 3.45. The molecule has 0 bridgehead atoms. The fraction of sp³-hybridized carbons (Fsp3) is 0.227. The van der Waals surface area contributed by atoms with Gasteiger partial charge in [0.1, 0.15) is 0 Å². The normalized spacial score (nSPS) is 10.7. The molecule has 0 unspecified atom stereocenters. The van der Waals surface area contributed by atoms with Crippen LogP contribution in [0.5, 0.6) is 0 Å². The van der Waals surface area contributed by atoms with Crippen LogP contribution in [0.25, 0.3) is 11.3 Å². The fourth-order valence-corrected chi connectivity index (χ4v) is 4.28. The molecular weight excluding hydrogens is 402 g/mol. The smallest absolute Gasteiger partial charge is 0.258 e. The van der Waals surface area contributed by atoms with E-state index in [0.717, 1.165) is 17.7 Å². The number of nitrogens with two attached hydrogens (primary N) is 1. The van der Waals surface area contributed by atoms with E-state index in [1.165, 1.54) is 41.5 Å². The largest absolute Gasteiger partial charge is 0.369 e. The number of rotatable bonds is 9. The van der Waals surface area contributed by atoms with Crippen molar-refractivity contribution in [1.82, 2.24) is 4.98 Å². The number of thiazole rings is 1. The number of amides is 2. The number of primary amides is 1. The number of aromatic nitrogens is 1. The van der Waals surface area contributed by atoms with E-state index in [1.807, 2.05) is 11.4 Å². The lowest BCUT2D eigenvalue weighted by atomic mass is 10.1. The third-order valence-electron chi connectivity index (χ3n) is 4.29. The number of unbranched alkanes of at least 4 members (excludes halogenated alkanes) is 1. The quantitative estimate of drug-likeness (QED) is 0.473. The van der Waals surface area contributed by atoms with Crippen LogP contribution in [-0.4, -0.2) is 22.6 Å². The lowest BCUT2D eigenvalue weighted by Gasteiger charge is -2.07. The van der Waals surface area contributed by atoms with Crippen molar-refractivity contribution in [3.8, 4) is 11.3 Å². The summed E-state index contributed by atoms with van der Waals surface area (Å²) in [4.78, 5) is 29.0. The average Bonchev–Trinajstić information content (AvgIpc) is 3.19. The molecule has 2 aromatic carbocycles. The minimum absolute atomic E-state index is 0.125. The van der Waals surface area contributed by atoms with Crippen LogP contribution in [0.4, 0.5) is 5.13 Å². The molecule has 3 aromatic rings. The summed E-state index contributed by atoms with van der Waals surface area (Å²) in [5.41, 5.74) is 8.90. The van der Waals surface area contributed by atoms with Gasteiger partial charge in [-0.2, -0.15) is 0 Å². The van der Waals surface area contributed by atoms with Crippen molar-refractivity contribution >= 4 is 40.0 Å². The number of nitrogens with zero attached hydrogens (tertiary/aromatic N) is 1. The highest BCUT2D eigenvalue weighted by Gasteiger charge is 2.14. The van der Waals surface area contributed by atoms with Crippen molar-refractivity contribution in [1.29, 1.82) is 0 Å². The van der Waals surface area contributed by atoms with Crippen LogP contribution in [0.15, 0.2) is 58.8 Å². The standard InChI is InChI=1S/C22H23N3O2S2/c1-2-3-6-15-9-11-16(12-10-15)18-13-29-22(24-18)25-21(27)17-7-4-5-8-19(17)28-14-20(23)26/h4-5,7-13H,2-3,6,14H2,1H3,(H2,23,26)(H,24,25,27). The first-order valence-electron chi connectivity index (χ1n) is 9.43. The molecule has 0 saturated heterocycles. The van der Waals surface area contributed by atoms with Gasteiger partial charge in [-0.3, -0.25) is 14.9 Å². The predicted molar refractivity (Wildman–Crippen MR) is 120 cm³/mol. The highest BCUT2D eigenvalue weighted by molar-refractivity contribution is 8.00. The van der Waals surface area contributed by atoms with E-state index in [-0.39, 0.29) is 11.7 Å². The highest BCUT2D eigenvalue weighted by Crippen LogP contribution is 2.27. The number of thioether (sulfide) groups is 1. The summed E-state index contributed by atoms with van der Waals surface area (Å²) in [7, 11) is 0. The number of benzene rings is 2. The third kappa shape index (κ3) is 5.92. The van der Waals surface area contributed by atoms with Gasteiger partial charge in [-0.15, -0.1) is 23.1 Å². The van der Waals surface area contributed by atoms with Gasteiger partial charge in [-0.05, 0) is 30.5 Å². The molecule has 3 N–H and O–H groups in total. The monoisotopic (exact) mass is 425 g/mol. The maximum atomic E-state index is 12.7. The van der Waals surface area contributed by atoms with Crippen LogP contribution >= 0.6 is 23.1 Å². The molecule has 0 aliphatic rings. The van der Waals surface area contributed by atoms with E-state index in [2.05, 4.69) is 41.5 Å². The molecule has 0 fully saturated rings. The van der Waals surface area contributed by atoms with Gasteiger partial charge < -0.3 is 5.73 Å². The summed E-state index contributed by atoms with van der Waals surface area (Å²) >= 11 is 2.64. The Bertz CT molecular complexity index is 984. The van der Waals surface area contributed by atoms with Crippen LogP contribution < -0.4 is 11.1 Å². The van der Waals surface area contributed by atoms with Gasteiger partial charge >= 0.3 is 0 Å². The number of aryl methyl sites for hydroxylation is 1. The maximum absolute atomic E-state index is 12.7. The number of carbonyl (C=O) groups excluding carboxylic acids is 2. The van der Waals surface area contributed by atoms with Gasteiger partial charge in [0.05, 0.1) is 17.0 Å². The minimum Gasteiger partial charge on any atom is -0.369 e. The van der Waals surface area contributed by atoms with E-state index in [1.54, 1.807) is 18.2 Å². The molecule has 0 atom stereocenters.